The van der Waals surface area contributed by atoms with Crippen LogP contribution in [0.25, 0.3) is 28.0 Å². The Morgan fingerprint density at radius 1 is 1.11 bits per heavy atom. The van der Waals surface area contributed by atoms with Gasteiger partial charge in [0.05, 0.1) is 10.9 Å². The summed E-state index contributed by atoms with van der Waals surface area (Å²) in [6, 6.07) is 10.7. The van der Waals surface area contributed by atoms with Crippen molar-refractivity contribution < 1.29 is 4.42 Å². The molecule has 0 amide bonds. The summed E-state index contributed by atoms with van der Waals surface area (Å²) in [5.74, 6) is 0.271. The van der Waals surface area contributed by atoms with Crippen LogP contribution in [0.3, 0.4) is 0 Å². The molecule has 0 spiro atoms. The first-order valence-electron chi connectivity index (χ1n) is 5.49. The van der Waals surface area contributed by atoms with Gasteiger partial charge in [-0.05, 0) is 24.3 Å². The van der Waals surface area contributed by atoms with Crippen molar-refractivity contribution in [2.24, 2.45) is 0 Å². The van der Waals surface area contributed by atoms with E-state index in [1.807, 2.05) is 12.1 Å². The van der Waals surface area contributed by atoms with Crippen molar-refractivity contribution in [1.29, 1.82) is 0 Å². The zero-order valence-electron chi connectivity index (χ0n) is 9.20. The van der Waals surface area contributed by atoms with Crippen LogP contribution in [0.5, 0.6) is 0 Å². The van der Waals surface area contributed by atoms with Gasteiger partial charge in [0, 0.05) is 6.20 Å². The summed E-state index contributed by atoms with van der Waals surface area (Å²) < 4.78 is 6.93. The van der Waals surface area contributed by atoms with Gasteiger partial charge in [-0.2, -0.15) is 4.98 Å². The highest BCUT2D eigenvalue weighted by Crippen LogP contribution is 2.17. The molecular weight excluding hydrogens is 230 g/mol. The molecule has 4 aromatic rings. The van der Waals surface area contributed by atoms with E-state index >= 15 is 0 Å². The van der Waals surface area contributed by atoms with Crippen LogP contribution in [0.15, 0.2) is 51.8 Å². The number of hydrogen-bond donors (Lipinski definition) is 0. The third-order valence-electron chi connectivity index (χ3n) is 2.91. The van der Waals surface area contributed by atoms with Gasteiger partial charge in [-0.3, -0.25) is 4.79 Å². The third kappa shape index (κ3) is 1.08. The Morgan fingerprint density at radius 2 is 2.00 bits per heavy atom. The molecule has 86 valence electrons. The zero-order valence-corrected chi connectivity index (χ0v) is 9.20. The summed E-state index contributed by atoms with van der Waals surface area (Å²) >= 11 is 0. The Kier molecular flexibility index (Phi) is 1.64. The molecule has 0 unspecified atom stereocenters. The van der Waals surface area contributed by atoms with Gasteiger partial charge in [0.2, 0.25) is 0 Å². The van der Waals surface area contributed by atoms with E-state index < -0.39 is 0 Å². The van der Waals surface area contributed by atoms with Crippen molar-refractivity contribution in [2.75, 3.05) is 0 Å². The second kappa shape index (κ2) is 3.16. The van der Waals surface area contributed by atoms with Crippen LogP contribution in [0.4, 0.5) is 0 Å². The predicted molar refractivity (Wildman–Crippen MR) is 66.5 cm³/mol. The van der Waals surface area contributed by atoms with Crippen LogP contribution < -0.4 is 5.56 Å². The molecule has 18 heavy (non-hydrogen) atoms. The van der Waals surface area contributed by atoms with Gasteiger partial charge in [-0.25, -0.2) is 9.38 Å². The normalized spacial score (nSPS) is 11.6. The van der Waals surface area contributed by atoms with Crippen molar-refractivity contribution in [1.82, 2.24) is 14.4 Å². The van der Waals surface area contributed by atoms with E-state index in [1.54, 1.807) is 30.5 Å². The molecule has 3 aromatic heterocycles. The van der Waals surface area contributed by atoms with Crippen molar-refractivity contribution in [3.8, 4) is 0 Å². The topological polar surface area (TPSA) is 60.4 Å². The molecule has 5 nitrogen and oxygen atoms in total. The minimum Gasteiger partial charge on any atom is -0.421 e. The van der Waals surface area contributed by atoms with E-state index in [9.17, 15) is 4.79 Å². The lowest BCUT2D eigenvalue weighted by molar-refractivity contribution is 0.637. The van der Waals surface area contributed by atoms with Gasteiger partial charge >= 0.3 is 5.84 Å². The summed E-state index contributed by atoms with van der Waals surface area (Å²) in [4.78, 5) is 20.9. The number of para-hydroxylation sites is 1. The van der Waals surface area contributed by atoms with Crippen LogP contribution in [0.1, 0.15) is 0 Å². The van der Waals surface area contributed by atoms with E-state index in [0.29, 0.717) is 22.1 Å². The Hall–Kier alpha value is -2.69. The smallest absolute Gasteiger partial charge is 0.311 e. The molecule has 1 aromatic carbocycles. The number of hydrogen-bond acceptors (Lipinski definition) is 4. The molecule has 0 aliphatic carbocycles. The minimum absolute atomic E-state index is 0.159. The lowest BCUT2D eigenvalue weighted by atomic mass is 10.2. The van der Waals surface area contributed by atoms with Gasteiger partial charge in [-0.1, -0.05) is 12.1 Å². The van der Waals surface area contributed by atoms with E-state index in [2.05, 4.69) is 9.97 Å². The molecule has 0 aliphatic heterocycles. The molecule has 0 fully saturated rings. The summed E-state index contributed by atoms with van der Waals surface area (Å²) in [5, 5.41) is 0.559. The van der Waals surface area contributed by atoms with Crippen LogP contribution >= 0.6 is 0 Å². The van der Waals surface area contributed by atoms with Crippen LogP contribution in [0, 0.1) is 0 Å². The number of rotatable bonds is 0. The fourth-order valence-electron chi connectivity index (χ4n) is 2.10. The average molecular weight is 237 g/mol. The highest BCUT2D eigenvalue weighted by Gasteiger charge is 2.12. The second-order valence-corrected chi connectivity index (χ2v) is 3.98. The minimum atomic E-state index is -0.159. The quantitative estimate of drug-likeness (QED) is 0.469. The highest BCUT2D eigenvalue weighted by atomic mass is 16.4. The molecule has 0 saturated carbocycles. The Morgan fingerprint density at radius 3 is 2.94 bits per heavy atom. The van der Waals surface area contributed by atoms with Crippen LogP contribution in [-0.2, 0) is 0 Å². The molecule has 0 atom stereocenters. The molecule has 0 N–H and O–H groups in total. The largest absolute Gasteiger partial charge is 0.421 e. The summed E-state index contributed by atoms with van der Waals surface area (Å²) in [7, 11) is 0. The predicted octanol–water partition coefficient (Wildman–Crippen LogP) is 1.99. The van der Waals surface area contributed by atoms with E-state index in [-0.39, 0.29) is 11.4 Å². The lowest BCUT2D eigenvalue weighted by Crippen LogP contribution is -2.13. The number of oxazole rings is 1. The molecular formula is C13H7N3O2. The summed E-state index contributed by atoms with van der Waals surface area (Å²) in [5.41, 5.74) is 1.52. The Balaban J connectivity index is 2.39. The fraction of sp³-hybridized carbons (Fsp3) is 0. The van der Waals surface area contributed by atoms with Crippen molar-refractivity contribution in [3.05, 3.63) is 52.9 Å². The standard InChI is InChI=1S/C13H7N3O2/c17-12-8-4-1-2-5-9(8)15-13-16(12)11-10(18-13)6-3-7-14-11/h1-7H. The molecule has 0 bridgehead atoms. The maximum absolute atomic E-state index is 12.4. The van der Waals surface area contributed by atoms with Crippen LogP contribution in [0.2, 0.25) is 0 Å². The number of benzene rings is 1. The maximum atomic E-state index is 12.4. The van der Waals surface area contributed by atoms with E-state index in [0.717, 1.165) is 0 Å². The van der Waals surface area contributed by atoms with E-state index in [4.69, 9.17) is 4.42 Å². The van der Waals surface area contributed by atoms with Gasteiger partial charge in [0.15, 0.2) is 11.2 Å². The van der Waals surface area contributed by atoms with E-state index in [1.165, 1.54) is 4.40 Å². The molecule has 0 aliphatic rings. The number of pyridine rings is 1. The third-order valence-corrected chi connectivity index (χ3v) is 2.91. The Bertz CT molecular complexity index is 953. The first kappa shape index (κ1) is 9.35. The molecule has 0 radical (unpaired) electrons. The first-order valence-corrected chi connectivity index (χ1v) is 5.49. The maximum Gasteiger partial charge on any atom is 0.311 e. The fourth-order valence-corrected chi connectivity index (χ4v) is 2.10. The van der Waals surface area contributed by atoms with Crippen molar-refractivity contribution >= 4 is 28.0 Å². The number of aromatic nitrogens is 3. The monoisotopic (exact) mass is 237 g/mol. The number of nitrogens with zero attached hydrogens (tertiary/aromatic N) is 3. The summed E-state index contributed by atoms with van der Waals surface area (Å²) in [6.07, 6.45) is 1.62. The zero-order chi connectivity index (χ0) is 12.1. The van der Waals surface area contributed by atoms with Gasteiger partial charge in [-0.15, -0.1) is 0 Å². The SMILES string of the molecule is O=c1c2ccccc2nc2oc3cccnc3n12. The van der Waals surface area contributed by atoms with Gasteiger partial charge in [0.25, 0.3) is 5.56 Å². The molecule has 3 heterocycles. The van der Waals surface area contributed by atoms with Crippen LogP contribution in [-0.4, -0.2) is 14.4 Å². The molecule has 4 rings (SSSR count). The molecule has 0 saturated heterocycles. The highest BCUT2D eigenvalue weighted by molar-refractivity contribution is 5.81. The van der Waals surface area contributed by atoms with Gasteiger partial charge in [0.1, 0.15) is 0 Å². The molecule has 5 heteroatoms. The summed E-state index contributed by atoms with van der Waals surface area (Å²) in [6.45, 7) is 0. The first-order chi connectivity index (χ1) is 8.84. The lowest BCUT2D eigenvalue weighted by Gasteiger charge is -1.96. The van der Waals surface area contributed by atoms with Crippen molar-refractivity contribution in [3.63, 3.8) is 0 Å². The second-order valence-electron chi connectivity index (χ2n) is 3.98. The average Bonchev–Trinajstić information content (AvgIpc) is 2.77. The van der Waals surface area contributed by atoms with Crippen molar-refractivity contribution in [2.45, 2.75) is 0 Å². The van der Waals surface area contributed by atoms with Gasteiger partial charge < -0.3 is 4.42 Å². The Labute approximate surface area is 100 Å². The number of fused-ring (bicyclic) bond motifs is 4.